The van der Waals surface area contributed by atoms with E-state index in [-0.39, 0.29) is 11.6 Å². The van der Waals surface area contributed by atoms with Gasteiger partial charge in [-0.05, 0) is 44.6 Å². The largest absolute Gasteiger partial charge is 0.344 e. The molecule has 0 radical (unpaired) electrons. The van der Waals surface area contributed by atoms with E-state index in [1.807, 2.05) is 18.3 Å². The number of aromatic nitrogens is 1. The average Bonchev–Trinajstić information content (AvgIpc) is 3.21. The van der Waals surface area contributed by atoms with Gasteiger partial charge in [-0.2, -0.15) is 0 Å². The Bertz CT molecular complexity index is 969. The van der Waals surface area contributed by atoms with Crippen LogP contribution in [0.3, 0.4) is 0 Å². The van der Waals surface area contributed by atoms with Crippen molar-refractivity contribution >= 4 is 22.5 Å². The fourth-order valence-electron chi connectivity index (χ4n) is 7.18. The maximum Gasteiger partial charge on any atom is 0.230 e. The predicted octanol–water partition coefficient (Wildman–Crippen LogP) is 6.86. The lowest BCUT2D eigenvalue weighted by atomic mass is 9.79. The van der Waals surface area contributed by atoms with Crippen molar-refractivity contribution in [2.75, 3.05) is 0 Å². The Labute approximate surface area is 198 Å². The molecule has 3 heterocycles. The molecule has 1 aromatic carbocycles. The van der Waals surface area contributed by atoms with Gasteiger partial charge in [-0.1, -0.05) is 69.6 Å². The van der Waals surface area contributed by atoms with Gasteiger partial charge in [0.15, 0.2) is 5.78 Å². The molecule has 33 heavy (non-hydrogen) atoms. The Morgan fingerprint density at radius 2 is 1.30 bits per heavy atom. The van der Waals surface area contributed by atoms with Crippen LogP contribution in [0.5, 0.6) is 0 Å². The first kappa shape index (κ1) is 22.8. The number of Topliss-reactive ketones (excluding diaryl/α,β-unsaturated/α-hetero) is 2. The predicted molar refractivity (Wildman–Crippen MR) is 134 cm³/mol. The van der Waals surface area contributed by atoms with Gasteiger partial charge in [0.2, 0.25) is 5.78 Å². The number of piperidine rings is 2. The molecular formula is C29H40N2O2. The monoisotopic (exact) mass is 448 g/mol. The molecule has 3 aliphatic rings. The van der Waals surface area contributed by atoms with Crippen LogP contribution in [0.15, 0.2) is 30.5 Å². The summed E-state index contributed by atoms with van der Waals surface area (Å²) < 4.78 is 2.35. The van der Waals surface area contributed by atoms with Crippen LogP contribution in [0, 0.1) is 0 Å². The Balaban J connectivity index is 1.40. The first-order chi connectivity index (χ1) is 16.1. The zero-order valence-electron chi connectivity index (χ0n) is 20.3. The molecule has 0 N–H and O–H groups in total. The normalized spacial score (nSPS) is 28.0. The fourth-order valence-corrected chi connectivity index (χ4v) is 7.18. The van der Waals surface area contributed by atoms with Crippen LogP contribution in [-0.2, 0) is 4.79 Å². The third-order valence-corrected chi connectivity index (χ3v) is 8.70. The van der Waals surface area contributed by atoms with E-state index in [9.17, 15) is 9.59 Å². The molecule has 1 aliphatic carbocycles. The van der Waals surface area contributed by atoms with Gasteiger partial charge >= 0.3 is 0 Å². The summed E-state index contributed by atoms with van der Waals surface area (Å²) in [6.07, 6.45) is 20.9. The third kappa shape index (κ3) is 4.69. The molecular weight excluding hydrogens is 408 g/mol. The molecule has 2 aromatic rings. The van der Waals surface area contributed by atoms with Crippen LogP contribution < -0.4 is 0 Å². The molecule has 0 unspecified atom stereocenters. The number of nitrogens with zero attached hydrogens (tertiary/aromatic N) is 2. The van der Waals surface area contributed by atoms with E-state index in [0.29, 0.717) is 23.7 Å². The lowest BCUT2D eigenvalue weighted by molar-refractivity contribution is -0.113. The second kappa shape index (κ2) is 10.1. The maximum absolute atomic E-state index is 12.7. The molecule has 1 saturated carbocycles. The molecule has 2 bridgehead atoms. The highest BCUT2D eigenvalue weighted by atomic mass is 16.2. The van der Waals surface area contributed by atoms with E-state index in [2.05, 4.69) is 21.6 Å². The van der Waals surface area contributed by atoms with Gasteiger partial charge in [0.1, 0.15) is 0 Å². The van der Waals surface area contributed by atoms with Crippen molar-refractivity contribution in [3.8, 4) is 0 Å². The van der Waals surface area contributed by atoms with E-state index < -0.39 is 0 Å². The molecule has 4 nitrogen and oxygen atoms in total. The zero-order valence-corrected chi connectivity index (χ0v) is 20.3. The van der Waals surface area contributed by atoms with Crippen molar-refractivity contribution in [3.63, 3.8) is 0 Å². The molecule has 2 saturated heterocycles. The zero-order chi connectivity index (χ0) is 22.8. The summed E-state index contributed by atoms with van der Waals surface area (Å²) in [5.74, 6) is -0.732. The highest BCUT2D eigenvalue weighted by molar-refractivity contribution is 6.45. The van der Waals surface area contributed by atoms with Gasteiger partial charge in [-0.15, -0.1) is 0 Å². The summed E-state index contributed by atoms with van der Waals surface area (Å²) >= 11 is 0. The number of hydrogen-bond donors (Lipinski definition) is 0. The number of ketones is 2. The molecule has 3 atom stereocenters. The lowest BCUT2D eigenvalue weighted by Crippen LogP contribution is -2.56. The van der Waals surface area contributed by atoms with Crippen molar-refractivity contribution in [3.05, 3.63) is 36.0 Å². The summed E-state index contributed by atoms with van der Waals surface area (Å²) in [6.45, 7) is 1.39. The van der Waals surface area contributed by atoms with Crippen molar-refractivity contribution in [2.45, 2.75) is 121 Å². The summed E-state index contributed by atoms with van der Waals surface area (Å²) in [4.78, 5) is 27.5. The Hall–Kier alpha value is -1.94. The summed E-state index contributed by atoms with van der Waals surface area (Å²) in [7, 11) is 0. The summed E-state index contributed by atoms with van der Waals surface area (Å²) in [5.41, 5.74) is 1.69. The Morgan fingerprint density at radius 1 is 0.727 bits per heavy atom. The minimum Gasteiger partial charge on any atom is -0.344 e. The smallest absolute Gasteiger partial charge is 0.230 e. The van der Waals surface area contributed by atoms with E-state index in [4.69, 9.17) is 0 Å². The van der Waals surface area contributed by atoms with Gasteiger partial charge in [0, 0.05) is 48.2 Å². The number of hydrogen-bond acceptors (Lipinski definition) is 3. The van der Waals surface area contributed by atoms with Gasteiger partial charge in [-0.25, -0.2) is 0 Å². The third-order valence-electron chi connectivity index (χ3n) is 8.70. The number of rotatable bonds is 4. The van der Waals surface area contributed by atoms with E-state index in [0.717, 1.165) is 16.9 Å². The number of fused-ring (bicyclic) bond motifs is 3. The molecule has 178 valence electrons. The van der Waals surface area contributed by atoms with Crippen LogP contribution in [-0.4, -0.2) is 39.2 Å². The van der Waals surface area contributed by atoms with Crippen molar-refractivity contribution in [1.82, 2.24) is 9.47 Å². The van der Waals surface area contributed by atoms with E-state index >= 15 is 0 Å². The highest BCUT2D eigenvalue weighted by Crippen LogP contribution is 2.43. The highest BCUT2D eigenvalue weighted by Gasteiger charge is 2.42. The first-order valence-corrected chi connectivity index (χ1v) is 13.6. The molecule has 0 amide bonds. The van der Waals surface area contributed by atoms with E-state index in [1.165, 1.54) is 96.8 Å². The maximum atomic E-state index is 12.7. The van der Waals surface area contributed by atoms with Crippen LogP contribution in [0.2, 0.25) is 0 Å². The fraction of sp³-hybridized carbons (Fsp3) is 0.655. The van der Waals surface area contributed by atoms with Gasteiger partial charge in [-0.3, -0.25) is 14.5 Å². The minimum atomic E-state index is -0.374. The molecule has 2 aliphatic heterocycles. The summed E-state index contributed by atoms with van der Waals surface area (Å²) in [5, 5.41) is 0.928. The molecule has 4 heteroatoms. The SMILES string of the molecule is CC(=O)C(=O)c1cn([C@H]2C[C@H]3CCC[C@@H](C2)N3C2CCCCCCCCC2)c2ccccc12. The first-order valence-electron chi connectivity index (χ1n) is 13.6. The quantitative estimate of drug-likeness (QED) is 0.379. The summed E-state index contributed by atoms with van der Waals surface area (Å²) in [6, 6.07) is 10.6. The Kier molecular flexibility index (Phi) is 7.01. The van der Waals surface area contributed by atoms with Crippen LogP contribution in [0.25, 0.3) is 10.9 Å². The minimum absolute atomic E-state index is 0.357. The van der Waals surface area contributed by atoms with E-state index in [1.54, 1.807) is 0 Å². The Morgan fingerprint density at radius 3 is 1.94 bits per heavy atom. The lowest BCUT2D eigenvalue weighted by Gasteiger charge is -2.53. The van der Waals surface area contributed by atoms with Crippen LogP contribution >= 0.6 is 0 Å². The average molecular weight is 449 g/mol. The van der Waals surface area contributed by atoms with Crippen LogP contribution in [0.4, 0.5) is 0 Å². The standard InChI is InChI=1S/C29H40N2O2/c1-21(32)29(33)27-20-30(28-17-10-9-16-26(27)28)25-18-23-14-11-15-24(19-25)31(23)22-12-7-5-3-2-4-6-8-13-22/h9-10,16-17,20,22-25H,2-8,11-15,18-19H2,1H3/t23-,24+,25+. The number of benzene rings is 1. The van der Waals surface area contributed by atoms with Gasteiger partial charge < -0.3 is 4.57 Å². The van der Waals surface area contributed by atoms with Crippen molar-refractivity contribution in [1.29, 1.82) is 0 Å². The molecule has 3 fully saturated rings. The second-order valence-electron chi connectivity index (χ2n) is 10.9. The second-order valence-corrected chi connectivity index (χ2v) is 10.9. The number of carbonyl (C=O) groups is 2. The van der Waals surface area contributed by atoms with Crippen molar-refractivity contribution < 1.29 is 9.59 Å². The van der Waals surface area contributed by atoms with Gasteiger partial charge in [0.05, 0.1) is 5.56 Å². The molecule has 5 rings (SSSR count). The topological polar surface area (TPSA) is 42.3 Å². The van der Waals surface area contributed by atoms with Crippen LogP contribution in [0.1, 0.15) is 113 Å². The van der Waals surface area contributed by atoms with Crippen molar-refractivity contribution in [2.24, 2.45) is 0 Å². The molecule has 1 aromatic heterocycles. The van der Waals surface area contributed by atoms with Gasteiger partial charge in [0.25, 0.3) is 0 Å². The number of para-hydroxylation sites is 1. The molecule has 0 spiro atoms. The number of carbonyl (C=O) groups excluding carboxylic acids is 2.